The lowest BCUT2D eigenvalue weighted by molar-refractivity contribution is 0.205. The zero-order chi connectivity index (χ0) is 12.4. The van der Waals surface area contributed by atoms with Gasteiger partial charge in [0.1, 0.15) is 0 Å². The van der Waals surface area contributed by atoms with Crippen molar-refractivity contribution in [3.05, 3.63) is 6.92 Å². The van der Waals surface area contributed by atoms with Gasteiger partial charge in [-0.25, -0.2) is 0 Å². The van der Waals surface area contributed by atoms with Gasteiger partial charge in [-0.15, -0.1) is 0 Å². The number of halogens is 2. The number of rotatable bonds is 3. The molecule has 0 aromatic rings. The molecule has 0 aliphatic heterocycles. The molecule has 2 aliphatic rings. The Morgan fingerprint density at radius 2 is 1.12 bits per heavy atom. The zero-order valence-electron chi connectivity index (χ0n) is 10.8. The van der Waals surface area contributed by atoms with Crippen LogP contribution >= 0.6 is 31.9 Å². The van der Waals surface area contributed by atoms with Crippen molar-refractivity contribution in [1.82, 2.24) is 0 Å². The molecule has 2 aliphatic carbocycles. The molecule has 2 saturated carbocycles. The molecule has 0 spiro atoms. The summed E-state index contributed by atoms with van der Waals surface area (Å²) in [5.74, 6) is 0.704. The predicted octanol–water partition coefficient (Wildman–Crippen LogP) is 6.02. The Labute approximate surface area is 124 Å². The third kappa shape index (κ3) is 3.11. The maximum Gasteiger partial charge on any atom is 0.0299 e. The van der Waals surface area contributed by atoms with E-state index in [-0.39, 0.29) is 0 Å². The molecule has 1 radical (unpaired) electrons. The van der Waals surface area contributed by atoms with Gasteiger partial charge in [-0.2, -0.15) is 0 Å². The summed E-state index contributed by atoms with van der Waals surface area (Å²) in [5.41, 5.74) is 0. The minimum Gasteiger partial charge on any atom is -0.0850 e. The lowest BCUT2D eigenvalue weighted by Crippen LogP contribution is -2.46. The third-order valence-corrected chi connectivity index (χ3v) is 7.60. The van der Waals surface area contributed by atoms with Gasteiger partial charge in [-0.3, -0.25) is 0 Å². The highest BCUT2D eigenvalue weighted by molar-refractivity contribution is 9.10. The topological polar surface area (TPSA) is 0 Å². The lowest BCUT2D eigenvalue weighted by atomic mass is 9.68. The summed E-state index contributed by atoms with van der Waals surface area (Å²) in [6.07, 6.45) is 14.9. The van der Waals surface area contributed by atoms with E-state index in [9.17, 15) is 0 Å². The molecule has 0 aromatic carbocycles. The van der Waals surface area contributed by atoms with E-state index < -0.39 is 0 Å². The van der Waals surface area contributed by atoms with Crippen molar-refractivity contribution in [2.75, 3.05) is 0 Å². The molecule has 0 heterocycles. The molecule has 0 amide bonds. The zero-order valence-corrected chi connectivity index (χ0v) is 14.0. The summed E-state index contributed by atoms with van der Waals surface area (Å²) >= 11 is 8.25. The fourth-order valence-corrected chi connectivity index (χ4v) is 6.72. The van der Waals surface area contributed by atoms with Gasteiger partial charge in [0.2, 0.25) is 0 Å². The smallest absolute Gasteiger partial charge is 0.0299 e. The molecular formula is C15H25Br2. The highest BCUT2D eigenvalue weighted by atomic mass is 79.9. The van der Waals surface area contributed by atoms with Crippen molar-refractivity contribution < 1.29 is 0 Å². The quantitative estimate of drug-likeness (QED) is 0.537. The first kappa shape index (κ1) is 14.4. The van der Waals surface area contributed by atoms with Crippen LogP contribution in [0.25, 0.3) is 0 Å². The Balaban J connectivity index is 2.13. The second kappa shape index (κ2) is 5.94. The van der Waals surface area contributed by atoms with Gasteiger partial charge in [0.15, 0.2) is 0 Å². The summed E-state index contributed by atoms with van der Waals surface area (Å²) in [6, 6.07) is 0. The molecule has 2 heteroatoms. The van der Waals surface area contributed by atoms with Gasteiger partial charge in [0.05, 0.1) is 0 Å². The summed E-state index contributed by atoms with van der Waals surface area (Å²) in [7, 11) is 0. The van der Waals surface area contributed by atoms with Crippen LogP contribution in [0.15, 0.2) is 0 Å². The van der Waals surface area contributed by atoms with Crippen molar-refractivity contribution >= 4 is 31.9 Å². The SMILES string of the molecule is [CH2]CC(C1(Br)CCCCC1)C1(Br)CCCCC1. The van der Waals surface area contributed by atoms with E-state index in [1.165, 1.54) is 64.2 Å². The number of hydrogen-bond donors (Lipinski definition) is 0. The van der Waals surface area contributed by atoms with Gasteiger partial charge in [0, 0.05) is 8.65 Å². The van der Waals surface area contributed by atoms with Crippen LogP contribution in [0, 0.1) is 12.8 Å². The molecule has 0 unspecified atom stereocenters. The molecule has 0 nitrogen and oxygen atoms in total. The lowest BCUT2D eigenvalue weighted by Gasteiger charge is -2.49. The fraction of sp³-hybridized carbons (Fsp3) is 0.933. The van der Waals surface area contributed by atoms with Crippen LogP contribution in [-0.2, 0) is 0 Å². The van der Waals surface area contributed by atoms with E-state index >= 15 is 0 Å². The maximum absolute atomic E-state index is 4.27. The van der Waals surface area contributed by atoms with Crippen LogP contribution in [0.5, 0.6) is 0 Å². The largest absolute Gasteiger partial charge is 0.0850 e. The first-order valence-electron chi connectivity index (χ1n) is 7.28. The van der Waals surface area contributed by atoms with Crippen molar-refractivity contribution in [2.24, 2.45) is 5.92 Å². The summed E-state index contributed by atoms with van der Waals surface area (Å²) in [4.78, 5) is 0. The second-order valence-electron chi connectivity index (χ2n) is 6.03. The Morgan fingerprint density at radius 3 is 1.41 bits per heavy atom. The molecule has 0 atom stereocenters. The van der Waals surface area contributed by atoms with Gasteiger partial charge >= 0.3 is 0 Å². The monoisotopic (exact) mass is 363 g/mol. The van der Waals surface area contributed by atoms with E-state index in [0.717, 1.165) is 6.42 Å². The minimum absolute atomic E-state index is 0.369. The van der Waals surface area contributed by atoms with Crippen molar-refractivity contribution in [2.45, 2.75) is 79.3 Å². The molecule has 2 fully saturated rings. The Bertz CT molecular complexity index is 213. The Morgan fingerprint density at radius 1 is 0.765 bits per heavy atom. The van der Waals surface area contributed by atoms with Crippen LogP contribution in [0.1, 0.15) is 70.6 Å². The van der Waals surface area contributed by atoms with Crippen LogP contribution in [-0.4, -0.2) is 8.65 Å². The Kier molecular flexibility index (Phi) is 5.02. The number of hydrogen-bond acceptors (Lipinski definition) is 0. The predicted molar refractivity (Wildman–Crippen MR) is 83.0 cm³/mol. The minimum atomic E-state index is 0.369. The van der Waals surface area contributed by atoms with Crippen LogP contribution in [0.4, 0.5) is 0 Å². The summed E-state index contributed by atoms with van der Waals surface area (Å²) < 4.78 is 0.738. The van der Waals surface area contributed by atoms with Crippen LogP contribution in [0.2, 0.25) is 0 Å². The highest BCUT2D eigenvalue weighted by Gasteiger charge is 2.47. The molecule has 0 saturated heterocycles. The first-order valence-corrected chi connectivity index (χ1v) is 8.86. The van der Waals surface area contributed by atoms with Crippen molar-refractivity contribution in [3.63, 3.8) is 0 Å². The van der Waals surface area contributed by atoms with E-state index in [1.807, 2.05) is 0 Å². The standard InChI is InChI=1S/C15H25Br2/c1-2-13(14(16)9-5-3-6-10-14)15(17)11-7-4-8-12-15/h13H,1-12H2. The molecule has 17 heavy (non-hydrogen) atoms. The van der Waals surface area contributed by atoms with E-state index in [1.54, 1.807) is 0 Å². The van der Waals surface area contributed by atoms with E-state index in [0.29, 0.717) is 14.6 Å². The third-order valence-electron chi connectivity index (χ3n) is 4.91. The highest BCUT2D eigenvalue weighted by Crippen LogP contribution is 2.54. The molecular weight excluding hydrogens is 340 g/mol. The van der Waals surface area contributed by atoms with Gasteiger partial charge < -0.3 is 0 Å². The molecule has 0 aromatic heterocycles. The molecule has 0 bridgehead atoms. The average molecular weight is 365 g/mol. The maximum atomic E-state index is 4.27. The normalized spacial score (nSPS) is 28.2. The number of alkyl halides is 2. The Hall–Kier alpha value is 0.960. The second-order valence-corrected chi connectivity index (χ2v) is 9.19. The fourth-order valence-electron chi connectivity index (χ4n) is 3.96. The molecule has 0 N–H and O–H groups in total. The van der Waals surface area contributed by atoms with Gasteiger partial charge in [-0.1, -0.05) is 77.3 Å². The van der Waals surface area contributed by atoms with Crippen molar-refractivity contribution in [3.8, 4) is 0 Å². The molecule has 2 rings (SSSR count). The summed E-state index contributed by atoms with van der Waals surface area (Å²) in [5, 5.41) is 0. The van der Waals surface area contributed by atoms with Crippen molar-refractivity contribution in [1.29, 1.82) is 0 Å². The summed E-state index contributed by atoms with van der Waals surface area (Å²) in [6.45, 7) is 4.27. The van der Waals surface area contributed by atoms with Crippen LogP contribution in [0.3, 0.4) is 0 Å². The van der Waals surface area contributed by atoms with E-state index in [2.05, 4.69) is 38.8 Å². The van der Waals surface area contributed by atoms with Crippen LogP contribution < -0.4 is 0 Å². The van der Waals surface area contributed by atoms with Gasteiger partial charge in [-0.05, 0) is 38.0 Å². The average Bonchev–Trinajstić information content (AvgIpc) is 2.31. The van der Waals surface area contributed by atoms with E-state index in [4.69, 9.17) is 0 Å². The molecule has 99 valence electrons. The first-order chi connectivity index (χ1) is 8.11. The van der Waals surface area contributed by atoms with Gasteiger partial charge in [0.25, 0.3) is 0 Å².